The molecule has 5 nitrogen and oxygen atoms in total. The SMILES string of the molecule is CCN(CC1CCCCO1)c1nccnc1C#N. The van der Waals surface area contributed by atoms with Gasteiger partial charge in [0, 0.05) is 32.1 Å². The second-order valence-electron chi connectivity index (χ2n) is 4.37. The molecule has 0 bridgehead atoms. The van der Waals surface area contributed by atoms with Gasteiger partial charge in [-0.1, -0.05) is 0 Å². The number of hydrogen-bond acceptors (Lipinski definition) is 5. The van der Waals surface area contributed by atoms with Gasteiger partial charge in [0.15, 0.2) is 11.5 Å². The van der Waals surface area contributed by atoms with Crippen molar-refractivity contribution in [2.45, 2.75) is 32.3 Å². The molecule has 2 heterocycles. The lowest BCUT2D eigenvalue weighted by atomic mass is 10.1. The molecule has 0 aliphatic carbocycles. The smallest absolute Gasteiger partial charge is 0.183 e. The molecule has 0 spiro atoms. The van der Waals surface area contributed by atoms with Gasteiger partial charge in [0.1, 0.15) is 6.07 Å². The van der Waals surface area contributed by atoms with E-state index in [2.05, 4.69) is 27.9 Å². The molecule has 96 valence electrons. The van der Waals surface area contributed by atoms with Crippen molar-refractivity contribution >= 4 is 5.82 Å². The Labute approximate surface area is 107 Å². The van der Waals surface area contributed by atoms with Crippen molar-refractivity contribution in [1.82, 2.24) is 9.97 Å². The summed E-state index contributed by atoms with van der Waals surface area (Å²) in [5, 5.41) is 9.06. The Morgan fingerprint density at radius 2 is 2.28 bits per heavy atom. The van der Waals surface area contributed by atoms with Crippen LogP contribution in [0.15, 0.2) is 12.4 Å². The van der Waals surface area contributed by atoms with E-state index in [1.54, 1.807) is 12.4 Å². The molecule has 0 radical (unpaired) electrons. The number of anilines is 1. The van der Waals surface area contributed by atoms with Crippen LogP contribution in [0.2, 0.25) is 0 Å². The Kier molecular flexibility index (Phi) is 4.48. The first kappa shape index (κ1) is 12.8. The lowest BCUT2D eigenvalue weighted by Gasteiger charge is -2.29. The van der Waals surface area contributed by atoms with Gasteiger partial charge in [0.05, 0.1) is 6.10 Å². The second kappa shape index (κ2) is 6.31. The number of nitriles is 1. The van der Waals surface area contributed by atoms with Crippen LogP contribution in [0.4, 0.5) is 5.82 Å². The largest absolute Gasteiger partial charge is 0.376 e. The molecule has 0 amide bonds. The molecule has 1 aromatic heterocycles. The molecule has 1 aliphatic heterocycles. The first-order chi connectivity index (χ1) is 8.85. The maximum atomic E-state index is 9.06. The molecule has 1 aromatic rings. The topological polar surface area (TPSA) is 62.0 Å². The number of nitrogens with zero attached hydrogens (tertiary/aromatic N) is 4. The van der Waals surface area contributed by atoms with Gasteiger partial charge in [-0.2, -0.15) is 5.26 Å². The molecule has 2 rings (SSSR count). The number of likely N-dealkylation sites (N-methyl/N-ethyl adjacent to an activating group) is 1. The number of ether oxygens (including phenoxy) is 1. The summed E-state index contributed by atoms with van der Waals surface area (Å²) in [6, 6.07) is 2.09. The third kappa shape index (κ3) is 2.96. The fourth-order valence-corrected chi connectivity index (χ4v) is 2.20. The average molecular weight is 246 g/mol. The van der Waals surface area contributed by atoms with E-state index in [0.717, 1.165) is 32.5 Å². The Hall–Kier alpha value is -1.67. The van der Waals surface area contributed by atoms with Crippen LogP contribution in [0.5, 0.6) is 0 Å². The van der Waals surface area contributed by atoms with Crippen molar-refractivity contribution in [2.24, 2.45) is 0 Å². The van der Waals surface area contributed by atoms with E-state index in [1.807, 2.05) is 0 Å². The molecule has 1 unspecified atom stereocenters. The zero-order valence-corrected chi connectivity index (χ0v) is 10.7. The second-order valence-corrected chi connectivity index (χ2v) is 4.37. The maximum Gasteiger partial charge on any atom is 0.183 e. The number of hydrogen-bond donors (Lipinski definition) is 0. The molecule has 5 heteroatoms. The van der Waals surface area contributed by atoms with Crippen LogP contribution in [0.3, 0.4) is 0 Å². The molecule has 0 N–H and O–H groups in total. The fraction of sp³-hybridized carbons (Fsp3) is 0.615. The van der Waals surface area contributed by atoms with E-state index in [9.17, 15) is 0 Å². The summed E-state index contributed by atoms with van der Waals surface area (Å²) in [5.41, 5.74) is 0.384. The van der Waals surface area contributed by atoms with Crippen molar-refractivity contribution in [3.8, 4) is 6.07 Å². The summed E-state index contributed by atoms with van der Waals surface area (Å²) in [7, 11) is 0. The van der Waals surface area contributed by atoms with Gasteiger partial charge in [0.2, 0.25) is 0 Å². The standard InChI is InChI=1S/C13H18N4O/c1-2-17(10-11-5-3-4-8-18-11)13-12(9-14)15-6-7-16-13/h6-7,11H,2-5,8,10H2,1H3. The quantitative estimate of drug-likeness (QED) is 0.809. The molecular weight excluding hydrogens is 228 g/mol. The van der Waals surface area contributed by atoms with Crippen LogP contribution in [0.25, 0.3) is 0 Å². The third-order valence-electron chi connectivity index (χ3n) is 3.16. The van der Waals surface area contributed by atoms with Gasteiger partial charge in [-0.25, -0.2) is 9.97 Å². The first-order valence-electron chi connectivity index (χ1n) is 6.42. The highest BCUT2D eigenvalue weighted by molar-refractivity contribution is 5.49. The van der Waals surface area contributed by atoms with E-state index < -0.39 is 0 Å². The predicted molar refractivity (Wildman–Crippen MR) is 68.2 cm³/mol. The molecule has 1 aliphatic rings. The minimum Gasteiger partial charge on any atom is -0.376 e. The highest BCUT2D eigenvalue weighted by Crippen LogP contribution is 2.18. The lowest BCUT2D eigenvalue weighted by Crippen LogP contribution is -2.36. The van der Waals surface area contributed by atoms with Crippen molar-refractivity contribution < 1.29 is 4.74 Å². The minimum absolute atomic E-state index is 0.243. The summed E-state index contributed by atoms with van der Waals surface area (Å²) < 4.78 is 5.73. The number of rotatable bonds is 4. The molecule has 0 aromatic carbocycles. The molecule has 0 saturated carbocycles. The summed E-state index contributed by atoms with van der Waals surface area (Å²) in [5.74, 6) is 0.664. The van der Waals surface area contributed by atoms with E-state index in [-0.39, 0.29) is 6.10 Å². The minimum atomic E-state index is 0.243. The Bertz CT molecular complexity index is 423. The van der Waals surface area contributed by atoms with Gasteiger partial charge in [0.25, 0.3) is 0 Å². The summed E-state index contributed by atoms with van der Waals surface area (Å²) in [6.07, 6.45) is 6.87. The normalized spacial score (nSPS) is 19.2. The fourth-order valence-electron chi connectivity index (χ4n) is 2.20. The van der Waals surface area contributed by atoms with Gasteiger partial charge in [-0.15, -0.1) is 0 Å². The van der Waals surface area contributed by atoms with E-state index >= 15 is 0 Å². The highest BCUT2D eigenvalue weighted by atomic mass is 16.5. The van der Waals surface area contributed by atoms with E-state index in [4.69, 9.17) is 10.00 Å². The molecule has 1 atom stereocenters. The van der Waals surface area contributed by atoms with E-state index in [1.165, 1.54) is 6.42 Å². The van der Waals surface area contributed by atoms with Crippen LogP contribution >= 0.6 is 0 Å². The summed E-state index contributed by atoms with van der Waals surface area (Å²) >= 11 is 0. The van der Waals surface area contributed by atoms with Gasteiger partial charge < -0.3 is 9.64 Å². The van der Waals surface area contributed by atoms with Crippen LogP contribution in [0, 0.1) is 11.3 Å². The van der Waals surface area contributed by atoms with E-state index in [0.29, 0.717) is 11.5 Å². The Morgan fingerprint density at radius 1 is 1.44 bits per heavy atom. The van der Waals surface area contributed by atoms with Crippen LogP contribution in [-0.4, -0.2) is 35.8 Å². The Morgan fingerprint density at radius 3 is 2.94 bits per heavy atom. The van der Waals surface area contributed by atoms with Crippen LogP contribution < -0.4 is 4.90 Å². The predicted octanol–water partition coefficient (Wildman–Crippen LogP) is 1.74. The van der Waals surface area contributed by atoms with Crippen molar-refractivity contribution in [1.29, 1.82) is 5.26 Å². The highest BCUT2D eigenvalue weighted by Gasteiger charge is 2.20. The van der Waals surface area contributed by atoms with Gasteiger partial charge in [-0.3, -0.25) is 0 Å². The van der Waals surface area contributed by atoms with Gasteiger partial charge >= 0.3 is 0 Å². The molecule has 1 saturated heterocycles. The first-order valence-corrected chi connectivity index (χ1v) is 6.42. The monoisotopic (exact) mass is 246 g/mol. The average Bonchev–Trinajstić information content (AvgIpc) is 2.46. The van der Waals surface area contributed by atoms with Crippen LogP contribution in [0.1, 0.15) is 31.9 Å². The Balaban J connectivity index is 2.10. The van der Waals surface area contributed by atoms with Crippen LogP contribution in [-0.2, 0) is 4.74 Å². The maximum absolute atomic E-state index is 9.06. The van der Waals surface area contributed by atoms with Gasteiger partial charge in [-0.05, 0) is 26.2 Å². The van der Waals surface area contributed by atoms with Crippen molar-refractivity contribution in [3.05, 3.63) is 18.1 Å². The third-order valence-corrected chi connectivity index (χ3v) is 3.16. The summed E-state index contributed by atoms with van der Waals surface area (Å²) in [6.45, 7) is 4.48. The molecule has 18 heavy (non-hydrogen) atoms. The molecular formula is C13H18N4O. The van der Waals surface area contributed by atoms with Crippen molar-refractivity contribution in [3.63, 3.8) is 0 Å². The number of aromatic nitrogens is 2. The zero-order valence-electron chi connectivity index (χ0n) is 10.7. The molecule has 1 fully saturated rings. The lowest BCUT2D eigenvalue weighted by molar-refractivity contribution is 0.0210. The summed E-state index contributed by atoms with van der Waals surface area (Å²) in [4.78, 5) is 10.4. The zero-order chi connectivity index (χ0) is 12.8. The van der Waals surface area contributed by atoms with Crippen molar-refractivity contribution in [2.75, 3.05) is 24.6 Å².